The summed E-state index contributed by atoms with van der Waals surface area (Å²) < 4.78 is 0. The Morgan fingerprint density at radius 2 is 2.21 bits per heavy atom. The maximum atomic E-state index is 11.5. The SMILES string of the molecule is Nc1c(N2CCC3NC(=O)CCC3C2)nc[nH]c1=O. The Morgan fingerprint density at radius 3 is 3.05 bits per heavy atom. The van der Waals surface area contributed by atoms with Crippen LogP contribution in [0, 0.1) is 5.92 Å². The van der Waals surface area contributed by atoms with Gasteiger partial charge in [-0.25, -0.2) is 4.98 Å². The van der Waals surface area contributed by atoms with E-state index in [9.17, 15) is 9.59 Å². The third-order valence-corrected chi connectivity index (χ3v) is 3.99. The van der Waals surface area contributed by atoms with E-state index in [4.69, 9.17) is 5.73 Å². The monoisotopic (exact) mass is 263 g/mol. The summed E-state index contributed by atoms with van der Waals surface area (Å²) in [4.78, 5) is 31.6. The number of piperidine rings is 2. The van der Waals surface area contributed by atoms with Crippen LogP contribution in [0.4, 0.5) is 11.5 Å². The third-order valence-electron chi connectivity index (χ3n) is 3.99. The number of aromatic amines is 1. The summed E-state index contributed by atoms with van der Waals surface area (Å²) in [5, 5.41) is 3.03. The summed E-state index contributed by atoms with van der Waals surface area (Å²) in [6, 6.07) is 0.251. The van der Waals surface area contributed by atoms with Crippen molar-refractivity contribution in [2.75, 3.05) is 23.7 Å². The van der Waals surface area contributed by atoms with Gasteiger partial charge in [-0.15, -0.1) is 0 Å². The zero-order chi connectivity index (χ0) is 13.4. The second-order valence-electron chi connectivity index (χ2n) is 5.18. The molecule has 0 aliphatic carbocycles. The smallest absolute Gasteiger partial charge is 0.276 e. The molecule has 0 bridgehead atoms. The molecule has 7 heteroatoms. The van der Waals surface area contributed by atoms with Gasteiger partial charge < -0.3 is 20.9 Å². The Kier molecular flexibility index (Phi) is 2.88. The van der Waals surface area contributed by atoms with E-state index in [1.165, 1.54) is 6.33 Å². The molecule has 2 unspecified atom stereocenters. The number of nitrogens with two attached hydrogens (primary N) is 1. The van der Waals surface area contributed by atoms with Crippen LogP contribution in [0.2, 0.25) is 0 Å². The molecule has 1 amide bonds. The molecule has 0 spiro atoms. The van der Waals surface area contributed by atoms with Crippen molar-refractivity contribution in [3.05, 3.63) is 16.7 Å². The van der Waals surface area contributed by atoms with E-state index in [0.717, 1.165) is 25.9 Å². The summed E-state index contributed by atoms with van der Waals surface area (Å²) in [6.07, 6.45) is 3.70. The molecule has 2 saturated heterocycles. The minimum atomic E-state index is -0.302. The summed E-state index contributed by atoms with van der Waals surface area (Å²) >= 11 is 0. The van der Waals surface area contributed by atoms with Crippen LogP contribution in [0.25, 0.3) is 0 Å². The fourth-order valence-corrected chi connectivity index (χ4v) is 2.96. The lowest BCUT2D eigenvalue weighted by Crippen LogP contribution is -2.54. The molecule has 2 aliphatic rings. The second kappa shape index (κ2) is 4.56. The predicted octanol–water partition coefficient (Wildman–Crippen LogP) is -0.543. The molecule has 0 radical (unpaired) electrons. The van der Waals surface area contributed by atoms with Crippen LogP contribution in [-0.4, -0.2) is 35.0 Å². The molecule has 4 N–H and O–H groups in total. The average molecular weight is 263 g/mol. The van der Waals surface area contributed by atoms with Crippen LogP contribution in [0.1, 0.15) is 19.3 Å². The van der Waals surface area contributed by atoms with Gasteiger partial charge in [0.05, 0.1) is 6.33 Å². The van der Waals surface area contributed by atoms with Crippen molar-refractivity contribution in [2.45, 2.75) is 25.3 Å². The molecule has 7 nitrogen and oxygen atoms in total. The summed E-state index contributed by atoms with van der Waals surface area (Å²) in [5.41, 5.74) is 5.65. The van der Waals surface area contributed by atoms with E-state index >= 15 is 0 Å². The fourth-order valence-electron chi connectivity index (χ4n) is 2.96. The van der Waals surface area contributed by atoms with E-state index in [0.29, 0.717) is 18.2 Å². The summed E-state index contributed by atoms with van der Waals surface area (Å²) in [7, 11) is 0. The van der Waals surface area contributed by atoms with Crippen molar-refractivity contribution in [3.63, 3.8) is 0 Å². The molecule has 0 aromatic carbocycles. The Labute approximate surface area is 110 Å². The van der Waals surface area contributed by atoms with Gasteiger partial charge in [0.25, 0.3) is 5.56 Å². The van der Waals surface area contributed by atoms with Gasteiger partial charge in [-0.3, -0.25) is 9.59 Å². The zero-order valence-corrected chi connectivity index (χ0v) is 10.6. The second-order valence-corrected chi connectivity index (χ2v) is 5.18. The highest BCUT2D eigenvalue weighted by atomic mass is 16.1. The van der Waals surface area contributed by atoms with Crippen LogP contribution in [0.15, 0.2) is 11.1 Å². The number of carbonyl (C=O) groups is 1. The molecular formula is C12H17N5O2. The Bertz CT molecular complexity index is 555. The lowest BCUT2D eigenvalue weighted by molar-refractivity contribution is -0.124. The molecule has 3 heterocycles. The highest BCUT2D eigenvalue weighted by molar-refractivity contribution is 5.77. The van der Waals surface area contributed by atoms with Crippen LogP contribution >= 0.6 is 0 Å². The number of amides is 1. The van der Waals surface area contributed by atoms with Crippen LogP contribution in [0.3, 0.4) is 0 Å². The molecule has 0 saturated carbocycles. The number of carbonyl (C=O) groups excluding carboxylic acids is 1. The van der Waals surface area contributed by atoms with E-state index < -0.39 is 0 Å². The van der Waals surface area contributed by atoms with Crippen LogP contribution < -0.4 is 21.5 Å². The Hall–Kier alpha value is -2.05. The number of anilines is 2. The number of hydrogen-bond donors (Lipinski definition) is 3. The number of nitrogens with zero attached hydrogens (tertiary/aromatic N) is 2. The zero-order valence-electron chi connectivity index (χ0n) is 10.6. The molecule has 1 aromatic heterocycles. The van der Waals surface area contributed by atoms with Crippen molar-refractivity contribution in [1.29, 1.82) is 0 Å². The van der Waals surface area contributed by atoms with Gasteiger partial charge in [-0.2, -0.15) is 0 Å². The molecule has 1 aromatic rings. The lowest BCUT2D eigenvalue weighted by Gasteiger charge is -2.41. The maximum Gasteiger partial charge on any atom is 0.276 e. The summed E-state index contributed by atoms with van der Waals surface area (Å²) in [5.74, 6) is 1.11. The average Bonchev–Trinajstić information content (AvgIpc) is 2.41. The first-order chi connectivity index (χ1) is 9.15. The van der Waals surface area contributed by atoms with Gasteiger partial charge >= 0.3 is 0 Å². The van der Waals surface area contributed by atoms with Gasteiger partial charge in [0.1, 0.15) is 5.69 Å². The van der Waals surface area contributed by atoms with Crippen molar-refractivity contribution < 1.29 is 4.79 Å². The number of aromatic nitrogens is 2. The standard InChI is InChI=1S/C12H17N5O2/c13-10-11(14-6-15-12(10)19)17-4-3-8-7(5-17)1-2-9(18)16-8/h6-8H,1-5,13H2,(H,16,18)(H,14,15,19). The quantitative estimate of drug-likeness (QED) is 0.631. The molecule has 102 valence electrons. The largest absolute Gasteiger partial charge is 0.391 e. The molecule has 3 rings (SSSR count). The minimum absolute atomic E-state index is 0.142. The van der Waals surface area contributed by atoms with Crippen molar-refractivity contribution in [2.24, 2.45) is 5.92 Å². The highest BCUT2D eigenvalue weighted by Crippen LogP contribution is 2.28. The van der Waals surface area contributed by atoms with Crippen LogP contribution in [0.5, 0.6) is 0 Å². The lowest BCUT2D eigenvalue weighted by atomic mass is 9.85. The summed E-state index contributed by atoms with van der Waals surface area (Å²) in [6.45, 7) is 1.54. The van der Waals surface area contributed by atoms with E-state index in [1.54, 1.807) is 0 Å². The molecule has 2 aliphatic heterocycles. The number of hydrogen-bond acceptors (Lipinski definition) is 5. The van der Waals surface area contributed by atoms with Gasteiger partial charge in [0.2, 0.25) is 5.91 Å². The van der Waals surface area contributed by atoms with Gasteiger partial charge in [0, 0.05) is 25.6 Å². The van der Waals surface area contributed by atoms with Gasteiger partial charge in [-0.05, 0) is 18.8 Å². The highest BCUT2D eigenvalue weighted by Gasteiger charge is 2.34. The number of rotatable bonds is 1. The van der Waals surface area contributed by atoms with Gasteiger partial charge in [-0.1, -0.05) is 0 Å². The number of fused-ring (bicyclic) bond motifs is 1. The first-order valence-electron chi connectivity index (χ1n) is 6.52. The fraction of sp³-hybridized carbons (Fsp3) is 0.583. The number of nitrogen functional groups attached to an aromatic ring is 1. The first kappa shape index (κ1) is 12.0. The predicted molar refractivity (Wildman–Crippen MR) is 70.8 cm³/mol. The number of H-pyrrole nitrogens is 1. The Balaban J connectivity index is 1.80. The van der Waals surface area contributed by atoms with Crippen LogP contribution in [-0.2, 0) is 4.79 Å². The van der Waals surface area contributed by atoms with Gasteiger partial charge in [0.15, 0.2) is 5.82 Å². The number of nitrogens with one attached hydrogen (secondary N) is 2. The van der Waals surface area contributed by atoms with Crippen molar-refractivity contribution in [3.8, 4) is 0 Å². The van der Waals surface area contributed by atoms with E-state index in [1.807, 2.05) is 4.90 Å². The van der Waals surface area contributed by atoms with E-state index in [-0.39, 0.29) is 23.2 Å². The Morgan fingerprint density at radius 1 is 1.37 bits per heavy atom. The third kappa shape index (κ3) is 2.16. The normalized spacial score (nSPS) is 26.7. The molecule has 19 heavy (non-hydrogen) atoms. The maximum absolute atomic E-state index is 11.5. The molecular weight excluding hydrogens is 246 g/mol. The molecule has 2 fully saturated rings. The minimum Gasteiger partial charge on any atom is -0.391 e. The topological polar surface area (TPSA) is 104 Å². The van der Waals surface area contributed by atoms with E-state index in [2.05, 4.69) is 15.3 Å². The molecule has 2 atom stereocenters. The van der Waals surface area contributed by atoms with Crippen molar-refractivity contribution >= 4 is 17.4 Å². The first-order valence-corrected chi connectivity index (χ1v) is 6.52. The van der Waals surface area contributed by atoms with Crippen molar-refractivity contribution in [1.82, 2.24) is 15.3 Å².